The average molecular weight is 691 g/mol. The minimum absolute atomic E-state index is 1.13. The molecule has 12 rings (SSSR count). The monoisotopic (exact) mass is 690 g/mol. The van der Waals surface area contributed by atoms with Gasteiger partial charge in [0.1, 0.15) is 0 Å². The van der Waals surface area contributed by atoms with Crippen molar-refractivity contribution in [1.82, 2.24) is 4.57 Å². The van der Waals surface area contributed by atoms with Crippen LogP contribution in [0.1, 0.15) is 0 Å². The van der Waals surface area contributed by atoms with E-state index in [1.165, 1.54) is 91.5 Å². The molecule has 3 heteroatoms. The Morgan fingerprint density at radius 1 is 0.415 bits per heavy atom. The maximum Gasteiger partial charge on any atom is 0.0640 e. The number of benzene rings is 9. The van der Waals surface area contributed by atoms with Gasteiger partial charge in [-0.3, -0.25) is 0 Å². The van der Waals surface area contributed by atoms with Crippen molar-refractivity contribution in [3.63, 3.8) is 0 Å². The minimum atomic E-state index is 1.13. The second-order valence-corrected chi connectivity index (χ2v) is 15.1. The van der Waals surface area contributed by atoms with Crippen LogP contribution in [-0.4, -0.2) is 4.57 Å². The fourth-order valence-corrected chi connectivity index (χ4v) is 10.2. The predicted molar refractivity (Wildman–Crippen MR) is 228 cm³/mol. The maximum absolute atomic E-state index is 2.50. The Balaban J connectivity index is 1.16. The number of thiophene rings is 1. The number of fused-ring (bicyclic) bond motifs is 11. The van der Waals surface area contributed by atoms with E-state index >= 15 is 0 Å². The summed E-state index contributed by atoms with van der Waals surface area (Å²) >= 11 is 1.88. The second kappa shape index (κ2) is 10.9. The van der Waals surface area contributed by atoms with Crippen LogP contribution in [-0.2, 0) is 0 Å². The van der Waals surface area contributed by atoms with E-state index in [1.807, 2.05) is 11.3 Å². The first kappa shape index (κ1) is 29.0. The standard InChI is InChI=1S/C50H30N2S/c1-2-14-33(15-3-1)52-44-21-8-6-17-38(44)39-27-25-35(30-46(39)52)51(45-22-11-20-42-40-18-7-9-23-47(40)53-50(42)45)34-24-26-37-41-19-10-13-32-28-31-12-4-5-16-36(31)49(48(32)41)43(37)29-34/h1-30H. The molecule has 0 atom stereocenters. The quantitative estimate of drug-likeness (QED) is 0.167. The summed E-state index contributed by atoms with van der Waals surface area (Å²) in [6, 6.07) is 67.2. The molecule has 0 saturated carbocycles. The molecule has 1 aliphatic carbocycles. The van der Waals surface area contributed by atoms with Crippen LogP contribution < -0.4 is 4.90 Å². The molecule has 0 amide bonds. The molecular formula is C50H30N2S. The summed E-state index contributed by atoms with van der Waals surface area (Å²) in [5, 5.41) is 10.3. The molecule has 0 unspecified atom stereocenters. The molecule has 0 saturated heterocycles. The molecule has 2 heterocycles. The SMILES string of the molecule is c1ccc(-n2c3ccccc3c3ccc(N(c4ccc5c(c4)-c4c6ccccc6cc6cccc-5c46)c4cccc5c4sc4ccccc45)cc32)cc1. The Labute approximate surface area is 310 Å². The third-order valence-corrected chi connectivity index (χ3v) is 12.5. The Morgan fingerprint density at radius 2 is 1.11 bits per heavy atom. The molecule has 0 spiro atoms. The van der Waals surface area contributed by atoms with Gasteiger partial charge in [0.25, 0.3) is 0 Å². The van der Waals surface area contributed by atoms with E-state index < -0.39 is 0 Å². The minimum Gasteiger partial charge on any atom is -0.309 e. The van der Waals surface area contributed by atoms with Crippen molar-refractivity contribution in [2.75, 3.05) is 4.90 Å². The van der Waals surface area contributed by atoms with E-state index in [-0.39, 0.29) is 0 Å². The molecular weight excluding hydrogens is 661 g/mol. The maximum atomic E-state index is 2.50. The Bertz CT molecular complexity index is 3290. The topological polar surface area (TPSA) is 8.17 Å². The number of hydrogen-bond donors (Lipinski definition) is 0. The average Bonchev–Trinajstić information content (AvgIpc) is 3.87. The fraction of sp³-hybridized carbons (Fsp3) is 0. The molecule has 53 heavy (non-hydrogen) atoms. The van der Waals surface area contributed by atoms with Crippen LogP contribution >= 0.6 is 11.3 Å². The molecule has 11 aromatic rings. The highest BCUT2D eigenvalue weighted by Gasteiger charge is 2.27. The largest absolute Gasteiger partial charge is 0.309 e. The van der Waals surface area contributed by atoms with E-state index in [0.717, 1.165) is 17.1 Å². The third kappa shape index (κ3) is 4.08. The molecule has 0 aliphatic heterocycles. The van der Waals surface area contributed by atoms with Crippen LogP contribution in [0.15, 0.2) is 182 Å². The Morgan fingerprint density at radius 3 is 2.04 bits per heavy atom. The summed E-state index contributed by atoms with van der Waals surface area (Å²) in [5.74, 6) is 0. The van der Waals surface area contributed by atoms with Crippen molar-refractivity contribution in [1.29, 1.82) is 0 Å². The van der Waals surface area contributed by atoms with E-state index in [2.05, 4.69) is 191 Å². The number of nitrogens with zero attached hydrogens (tertiary/aromatic N) is 2. The van der Waals surface area contributed by atoms with Crippen LogP contribution in [0.4, 0.5) is 17.1 Å². The second-order valence-electron chi connectivity index (χ2n) is 14.1. The van der Waals surface area contributed by atoms with E-state index in [1.54, 1.807) is 0 Å². The molecule has 246 valence electrons. The summed E-state index contributed by atoms with van der Waals surface area (Å²) in [6.45, 7) is 0. The first-order valence-electron chi connectivity index (χ1n) is 18.2. The number of hydrogen-bond acceptors (Lipinski definition) is 2. The number of para-hydroxylation sites is 2. The number of rotatable bonds is 4. The van der Waals surface area contributed by atoms with Crippen LogP contribution in [0, 0.1) is 0 Å². The highest BCUT2D eigenvalue weighted by atomic mass is 32.1. The van der Waals surface area contributed by atoms with Gasteiger partial charge in [0, 0.05) is 43.3 Å². The van der Waals surface area contributed by atoms with Gasteiger partial charge in [0.2, 0.25) is 0 Å². The zero-order valence-electron chi connectivity index (χ0n) is 28.6. The molecule has 2 aromatic heterocycles. The van der Waals surface area contributed by atoms with E-state index in [4.69, 9.17) is 0 Å². The van der Waals surface area contributed by atoms with Crippen molar-refractivity contribution < 1.29 is 0 Å². The summed E-state index contributed by atoms with van der Waals surface area (Å²) in [6.07, 6.45) is 0. The zero-order valence-corrected chi connectivity index (χ0v) is 29.4. The molecule has 0 fully saturated rings. The first-order valence-corrected chi connectivity index (χ1v) is 19.0. The van der Waals surface area contributed by atoms with Crippen molar-refractivity contribution in [2.24, 2.45) is 0 Å². The first-order chi connectivity index (χ1) is 26.3. The lowest BCUT2D eigenvalue weighted by molar-refractivity contribution is 1.18. The smallest absolute Gasteiger partial charge is 0.0640 e. The van der Waals surface area contributed by atoms with Crippen LogP contribution in [0.2, 0.25) is 0 Å². The summed E-state index contributed by atoms with van der Waals surface area (Å²) < 4.78 is 5.00. The number of anilines is 3. The van der Waals surface area contributed by atoms with Crippen LogP contribution in [0.5, 0.6) is 0 Å². The zero-order chi connectivity index (χ0) is 34.6. The Kier molecular flexibility index (Phi) is 5.96. The van der Waals surface area contributed by atoms with Gasteiger partial charge < -0.3 is 9.47 Å². The lowest BCUT2D eigenvalue weighted by atomic mass is 9.95. The molecule has 0 radical (unpaired) electrons. The van der Waals surface area contributed by atoms with Gasteiger partial charge in [0.15, 0.2) is 0 Å². The predicted octanol–water partition coefficient (Wildman–Crippen LogP) is 14.6. The van der Waals surface area contributed by atoms with Crippen LogP contribution in [0.25, 0.3) is 91.5 Å². The fourth-order valence-electron chi connectivity index (χ4n) is 9.03. The van der Waals surface area contributed by atoms with Gasteiger partial charge in [-0.1, -0.05) is 121 Å². The van der Waals surface area contributed by atoms with Crippen LogP contribution in [0.3, 0.4) is 0 Å². The number of aromatic nitrogens is 1. The molecule has 2 nitrogen and oxygen atoms in total. The van der Waals surface area contributed by atoms with Gasteiger partial charge in [-0.05, 0) is 104 Å². The highest BCUT2D eigenvalue weighted by molar-refractivity contribution is 7.26. The van der Waals surface area contributed by atoms with Gasteiger partial charge in [-0.2, -0.15) is 0 Å². The van der Waals surface area contributed by atoms with Gasteiger partial charge >= 0.3 is 0 Å². The van der Waals surface area contributed by atoms with Crippen molar-refractivity contribution in [3.8, 4) is 27.9 Å². The summed E-state index contributed by atoms with van der Waals surface area (Å²) in [7, 11) is 0. The molecule has 1 aliphatic rings. The lowest BCUT2D eigenvalue weighted by Crippen LogP contribution is -2.10. The van der Waals surface area contributed by atoms with Crippen molar-refractivity contribution in [3.05, 3.63) is 182 Å². The van der Waals surface area contributed by atoms with Crippen molar-refractivity contribution >= 4 is 91.9 Å². The Hall–Kier alpha value is -6.68. The summed E-state index contributed by atoms with van der Waals surface area (Å²) in [4.78, 5) is 2.50. The van der Waals surface area contributed by atoms with Crippen molar-refractivity contribution in [2.45, 2.75) is 0 Å². The molecule has 0 N–H and O–H groups in total. The van der Waals surface area contributed by atoms with E-state index in [0.29, 0.717) is 0 Å². The van der Waals surface area contributed by atoms with Gasteiger partial charge in [0.05, 0.1) is 21.4 Å². The summed E-state index contributed by atoms with van der Waals surface area (Å²) in [5.41, 5.74) is 12.2. The molecule has 0 bridgehead atoms. The third-order valence-electron chi connectivity index (χ3n) is 11.3. The van der Waals surface area contributed by atoms with Gasteiger partial charge in [-0.25, -0.2) is 0 Å². The normalized spacial score (nSPS) is 12.2. The highest BCUT2D eigenvalue weighted by Crippen LogP contribution is 2.53. The van der Waals surface area contributed by atoms with E-state index in [9.17, 15) is 0 Å². The van der Waals surface area contributed by atoms with Gasteiger partial charge in [-0.15, -0.1) is 11.3 Å². The lowest BCUT2D eigenvalue weighted by Gasteiger charge is -2.27. The molecule has 9 aromatic carbocycles.